The molecule has 0 spiro atoms. The lowest BCUT2D eigenvalue weighted by Gasteiger charge is -2.43. The number of benzene rings is 6. The molecule has 0 aliphatic carbocycles. The molecule has 6 aromatic rings. The summed E-state index contributed by atoms with van der Waals surface area (Å²) in [5.41, 5.74) is 2.52. The molecule has 0 aromatic heterocycles. The van der Waals surface area contributed by atoms with Crippen molar-refractivity contribution in [1.29, 1.82) is 0 Å². The first kappa shape index (κ1) is 39.1. The van der Waals surface area contributed by atoms with Gasteiger partial charge in [-0.05, 0) is 88.3 Å². The van der Waals surface area contributed by atoms with E-state index in [-0.39, 0.29) is 19.8 Å². The molecule has 0 unspecified atom stereocenters. The maximum absolute atomic E-state index is 11.4. The number of hydrogen-bond acceptors (Lipinski definition) is 7. The third-order valence-electron chi connectivity index (χ3n) is 10.6. The quantitative estimate of drug-likeness (QED) is 0.0881. The second kappa shape index (κ2) is 17.7. The molecule has 0 bridgehead atoms. The van der Waals surface area contributed by atoms with E-state index in [4.69, 9.17) is 28.4 Å². The summed E-state index contributed by atoms with van der Waals surface area (Å²) in [4.78, 5) is 0. The Balaban J connectivity index is 1.48. The maximum atomic E-state index is 11.4. The van der Waals surface area contributed by atoms with Crippen molar-refractivity contribution in [3.8, 4) is 23.0 Å². The van der Waals surface area contributed by atoms with Crippen LogP contribution in [0.3, 0.4) is 0 Å². The fourth-order valence-corrected chi connectivity index (χ4v) is 7.12. The van der Waals surface area contributed by atoms with Gasteiger partial charge in [0.15, 0.2) is 0 Å². The van der Waals surface area contributed by atoms with Gasteiger partial charge in [-0.1, -0.05) is 116 Å². The molecule has 0 saturated heterocycles. The molecule has 7 nitrogen and oxygen atoms in total. The van der Waals surface area contributed by atoms with E-state index in [0.717, 1.165) is 56.4 Å². The normalized spacial score (nSPS) is 11.9. The molecular formula is C48H50O7. The van der Waals surface area contributed by atoms with Gasteiger partial charge in [0, 0.05) is 5.41 Å². The van der Waals surface area contributed by atoms with E-state index in [0.29, 0.717) is 6.42 Å². The second-order valence-corrected chi connectivity index (χ2v) is 13.6. The average molecular weight is 739 g/mol. The van der Waals surface area contributed by atoms with Crippen molar-refractivity contribution >= 4 is 0 Å². The number of hydrogen-bond donors (Lipinski definition) is 1. The van der Waals surface area contributed by atoms with Crippen LogP contribution in [0.4, 0.5) is 0 Å². The summed E-state index contributed by atoms with van der Waals surface area (Å²) in [5.74, 6) is 2.95. The Labute approximate surface area is 325 Å². The molecule has 0 saturated carbocycles. The Morgan fingerprint density at radius 1 is 0.382 bits per heavy atom. The van der Waals surface area contributed by atoms with Gasteiger partial charge in [0.2, 0.25) is 0 Å². The smallest absolute Gasteiger partial charge is 0.143 e. The molecule has 0 aliphatic rings. The van der Waals surface area contributed by atoms with Gasteiger partial charge in [0.1, 0.15) is 34.2 Å². The van der Waals surface area contributed by atoms with Crippen molar-refractivity contribution < 1.29 is 33.5 Å². The van der Waals surface area contributed by atoms with Crippen molar-refractivity contribution in [2.75, 3.05) is 48.3 Å². The molecular weight excluding hydrogens is 689 g/mol. The molecule has 0 heterocycles. The van der Waals surface area contributed by atoms with Crippen molar-refractivity contribution in [3.63, 3.8) is 0 Å². The van der Waals surface area contributed by atoms with Crippen LogP contribution >= 0.6 is 0 Å². The number of ether oxygens (including phenoxy) is 6. The third-order valence-corrected chi connectivity index (χ3v) is 10.6. The highest BCUT2D eigenvalue weighted by Crippen LogP contribution is 2.46. The summed E-state index contributed by atoms with van der Waals surface area (Å²) in [7, 11) is 6.63. The Kier molecular flexibility index (Phi) is 12.6. The summed E-state index contributed by atoms with van der Waals surface area (Å²) >= 11 is 0. The summed E-state index contributed by atoms with van der Waals surface area (Å²) in [6, 6.07) is 52.2. The lowest BCUT2D eigenvalue weighted by atomic mass is 9.78. The SMILES string of the molecule is CCC(CO)(COC(c1ccccc1)(c1ccc(OC)cc1)c1ccc(OC)cc1)COC(c1ccccc1)(c1ccc(OC)cc1)c1ccc(OC)cc1. The van der Waals surface area contributed by atoms with Gasteiger partial charge in [-0.3, -0.25) is 0 Å². The first-order valence-electron chi connectivity index (χ1n) is 18.5. The van der Waals surface area contributed by atoms with Gasteiger partial charge in [0.25, 0.3) is 0 Å². The highest BCUT2D eigenvalue weighted by atomic mass is 16.5. The zero-order chi connectivity index (χ0) is 38.7. The Bertz CT molecular complexity index is 1800. The lowest BCUT2D eigenvalue weighted by Crippen LogP contribution is -2.44. The van der Waals surface area contributed by atoms with Crippen LogP contribution in [-0.4, -0.2) is 53.4 Å². The fraction of sp³-hybridized carbons (Fsp3) is 0.250. The average Bonchev–Trinajstić information content (AvgIpc) is 3.27. The van der Waals surface area contributed by atoms with E-state index in [1.807, 2.05) is 133 Å². The van der Waals surface area contributed by atoms with Crippen molar-refractivity contribution in [2.24, 2.45) is 5.41 Å². The van der Waals surface area contributed by atoms with Crippen molar-refractivity contribution in [1.82, 2.24) is 0 Å². The fourth-order valence-electron chi connectivity index (χ4n) is 7.12. The van der Waals surface area contributed by atoms with Gasteiger partial charge in [-0.15, -0.1) is 0 Å². The van der Waals surface area contributed by atoms with E-state index in [1.165, 1.54) is 0 Å². The van der Waals surface area contributed by atoms with Crippen LogP contribution in [0.5, 0.6) is 23.0 Å². The van der Waals surface area contributed by atoms with Crippen LogP contribution < -0.4 is 18.9 Å². The standard InChI is InChI=1S/C48H50O7/c1-6-46(33-49,34-54-47(36-13-9-7-10-14-36,38-17-25-42(50-2)26-18-38)39-19-27-43(51-3)28-20-39)35-55-48(37-15-11-8-12-16-37,40-21-29-44(52-4)30-22-40)41-23-31-45(53-5)32-24-41/h7-32,49H,6,33-35H2,1-5H3. The lowest BCUT2D eigenvalue weighted by molar-refractivity contribution is -0.115. The first-order valence-corrected chi connectivity index (χ1v) is 18.5. The van der Waals surface area contributed by atoms with Gasteiger partial charge in [-0.25, -0.2) is 0 Å². The predicted octanol–water partition coefficient (Wildman–Crippen LogP) is 9.43. The Morgan fingerprint density at radius 3 is 0.855 bits per heavy atom. The Morgan fingerprint density at radius 2 is 0.636 bits per heavy atom. The second-order valence-electron chi connectivity index (χ2n) is 13.6. The topological polar surface area (TPSA) is 75.6 Å². The van der Waals surface area contributed by atoms with Gasteiger partial charge in [-0.2, -0.15) is 0 Å². The van der Waals surface area contributed by atoms with E-state index < -0.39 is 16.6 Å². The molecule has 0 aliphatic heterocycles. The summed E-state index contributed by atoms with van der Waals surface area (Å²) in [6.07, 6.45) is 0.565. The third kappa shape index (κ3) is 7.96. The molecule has 7 heteroatoms. The Hall–Kier alpha value is -5.60. The predicted molar refractivity (Wildman–Crippen MR) is 216 cm³/mol. The number of methoxy groups -OCH3 is 4. The molecule has 0 radical (unpaired) electrons. The molecule has 6 rings (SSSR count). The molecule has 284 valence electrons. The van der Waals surface area contributed by atoms with Crippen LogP contribution in [0.1, 0.15) is 46.7 Å². The molecule has 0 amide bonds. The van der Waals surface area contributed by atoms with Crippen LogP contribution in [0.25, 0.3) is 0 Å². The van der Waals surface area contributed by atoms with Crippen molar-refractivity contribution in [2.45, 2.75) is 24.5 Å². The van der Waals surface area contributed by atoms with Crippen LogP contribution in [-0.2, 0) is 20.7 Å². The van der Waals surface area contributed by atoms with E-state index in [9.17, 15) is 5.11 Å². The monoisotopic (exact) mass is 738 g/mol. The summed E-state index contributed by atoms with van der Waals surface area (Å²) < 4.78 is 36.9. The molecule has 55 heavy (non-hydrogen) atoms. The minimum absolute atomic E-state index is 0.156. The minimum Gasteiger partial charge on any atom is -0.497 e. The number of aliphatic hydroxyl groups is 1. The molecule has 6 aromatic carbocycles. The highest BCUT2D eigenvalue weighted by Gasteiger charge is 2.44. The number of aliphatic hydroxyl groups excluding tert-OH is 1. The maximum Gasteiger partial charge on any atom is 0.143 e. The van der Waals surface area contributed by atoms with Gasteiger partial charge >= 0.3 is 0 Å². The highest BCUT2D eigenvalue weighted by molar-refractivity contribution is 5.51. The van der Waals surface area contributed by atoms with E-state index >= 15 is 0 Å². The largest absolute Gasteiger partial charge is 0.497 e. The van der Waals surface area contributed by atoms with Gasteiger partial charge < -0.3 is 33.5 Å². The minimum atomic E-state index is -1.07. The zero-order valence-electron chi connectivity index (χ0n) is 32.2. The molecule has 0 atom stereocenters. The first-order chi connectivity index (χ1) is 26.9. The summed E-state index contributed by atoms with van der Waals surface area (Å²) in [5, 5.41) is 11.4. The van der Waals surface area contributed by atoms with Crippen LogP contribution in [0.15, 0.2) is 158 Å². The van der Waals surface area contributed by atoms with E-state index in [2.05, 4.69) is 31.2 Å². The molecule has 1 N–H and O–H groups in total. The van der Waals surface area contributed by atoms with Gasteiger partial charge in [0.05, 0.1) is 48.3 Å². The number of rotatable bonds is 18. The molecule has 0 fully saturated rings. The van der Waals surface area contributed by atoms with Crippen LogP contribution in [0, 0.1) is 5.41 Å². The van der Waals surface area contributed by atoms with Crippen molar-refractivity contribution in [3.05, 3.63) is 191 Å². The summed E-state index contributed by atoms with van der Waals surface area (Å²) in [6.45, 7) is 2.20. The zero-order valence-corrected chi connectivity index (χ0v) is 32.2. The van der Waals surface area contributed by atoms with E-state index in [1.54, 1.807) is 28.4 Å². The van der Waals surface area contributed by atoms with Crippen LogP contribution in [0.2, 0.25) is 0 Å².